The van der Waals surface area contributed by atoms with Crippen molar-refractivity contribution in [3.05, 3.63) is 81.9 Å². The smallest absolute Gasteiger partial charge is 0.251 e. The topological polar surface area (TPSA) is 50.2 Å². The number of halogens is 2. The molecule has 0 saturated carbocycles. The Morgan fingerprint density at radius 2 is 1.90 bits per heavy atom. The van der Waals surface area contributed by atoms with Gasteiger partial charge in [0.05, 0.1) is 17.4 Å². The van der Waals surface area contributed by atoms with Crippen LogP contribution in [0.2, 0.25) is 5.02 Å². The lowest BCUT2D eigenvalue weighted by Gasteiger charge is -2.26. The molecule has 3 aromatic rings. The van der Waals surface area contributed by atoms with Crippen molar-refractivity contribution in [1.29, 1.82) is 0 Å². The van der Waals surface area contributed by atoms with E-state index in [9.17, 15) is 9.18 Å². The number of amides is 1. The minimum Gasteiger partial charge on any atom is -0.350 e. The van der Waals surface area contributed by atoms with Crippen LogP contribution in [-0.4, -0.2) is 41.2 Å². The Balaban J connectivity index is 1.73. The van der Waals surface area contributed by atoms with Gasteiger partial charge in [-0.25, -0.2) is 9.07 Å². The number of rotatable bonds is 6. The van der Waals surface area contributed by atoms with Crippen molar-refractivity contribution < 1.29 is 9.18 Å². The molecule has 1 heterocycles. The van der Waals surface area contributed by atoms with Crippen LogP contribution in [0.3, 0.4) is 0 Å². The number of aromatic nitrogens is 2. The molecule has 0 radical (unpaired) electrons. The third kappa shape index (κ3) is 4.66. The van der Waals surface area contributed by atoms with E-state index in [1.807, 2.05) is 55.7 Å². The van der Waals surface area contributed by atoms with E-state index in [0.29, 0.717) is 16.1 Å². The Bertz CT molecular complexity index is 994. The molecule has 1 atom stereocenters. The highest BCUT2D eigenvalue weighted by Gasteiger charge is 2.22. The van der Waals surface area contributed by atoms with Gasteiger partial charge in [0.1, 0.15) is 5.82 Å². The van der Waals surface area contributed by atoms with Crippen LogP contribution in [-0.2, 0) is 0 Å². The van der Waals surface area contributed by atoms with Crippen molar-refractivity contribution in [2.45, 2.75) is 19.9 Å². The van der Waals surface area contributed by atoms with Gasteiger partial charge >= 0.3 is 0 Å². The zero-order chi connectivity index (χ0) is 21.1. The maximum absolute atomic E-state index is 14.3. The summed E-state index contributed by atoms with van der Waals surface area (Å²) in [4.78, 5) is 14.4. The van der Waals surface area contributed by atoms with E-state index >= 15 is 0 Å². The van der Waals surface area contributed by atoms with Crippen molar-refractivity contribution in [3.8, 4) is 5.69 Å². The minimum atomic E-state index is -0.389. The van der Waals surface area contributed by atoms with Crippen LogP contribution in [0.25, 0.3) is 5.69 Å². The second-order valence-corrected chi connectivity index (χ2v) is 7.62. The van der Waals surface area contributed by atoms with Gasteiger partial charge < -0.3 is 10.2 Å². The van der Waals surface area contributed by atoms with Crippen LogP contribution in [0.15, 0.2) is 48.5 Å². The first-order valence-electron chi connectivity index (χ1n) is 9.30. The molecule has 0 aliphatic heterocycles. The summed E-state index contributed by atoms with van der Waals surface area (Å²) in [5.41, 5.74) is 3.74. The SMILES string of the molecule is Cc1cc(C)n(-c2ccc(C(=O)NC[C@@H](c3c(F)cccc3Cl)N(C)C)cc2)n1. The maximum Gasteiger partial charge on any atom is 0.251 e. The van der Waals surface area contributed by atoms with Crippen molar-refractivity contribution in [2.75, 3.05) is 20.6 Å². The first-order valence-corrected chi connectivity index (χ1v) is 9.68. The number of aryl methyl sites for hydroxylation is 2. The third-order valence-corrected chi connectivity index (χ3v) is 5.13. The first kappa shape index (κ1) is 21.0. The van der Waals surface area contributed by atoms with Crippen LogP contribution >= 0.6 is 11.6 Å². The molecule has 2 aromatic carbocycles. The molecule has 0 fully saturated rings. The summed E-state index contributed by atoms with van der Waals surface area (Å²) in [6.45, 7) is 4.15. The predicted molar refractivity (Wildman–Crippen MR) is 113 cm³/mol. The number of nitrogens with zero attached hydrogens (tertiary/aromatic N) is 3. The van der Waals surface area contributed by atoms with E-state index in [1.54, 1.807) is 24.3 Å². The number of hydrogen-bond donors (Lipinski definition) is 1. The second-order valence-electron chi connectivity index (χ2n) is 7.21. The van der Waals surface area contributed by atoms with Gasteiger partial charge in [0, 0.05) is 28.4 Å². The second kappa shape index (κ2) is 8.76. The van der Waals surface area contributed by atoms with Gasteiger partial charge in [-0.1, -0.05) is 17.7 Å². The summed E-state index contributed by atoms with van der Waals surface area (Å²) < 4.78 is 16.1. The van der Waals surface area contributed by atoms with E-state index < -0.39 is 0 Å². The summed E-state index contributed by atoms with van der Waals surface area (Å²) in [5.74, 6) is -0.621. The molecule has 0 aliphatic carbocycles. The van der Waals surface area contributed by atoms with E-state index in [2.05, 4.69) is 10.4 Å². The fraction of sp³-hybridized carbons (Fsp3) is 0.273. The summed E-state index contributed by atoms with van der Waals surface area (Å²) in [6, 6.07) is 13.4. The maximum atomic E-state index is 14.3. The van der Waals surface area contributed by atoms with Crippen molar-refractivity contribution in [1.82, 2.24) is 20.0 Å². The van der Waals surface area contributed by atoms with Gasteiger partial charge in [-0.3, -0.25) is 4.79 Å². The molecule has 5 nitrogen and oxygen atoms in total. The summed E-state index contributed by atoms with van der Waals surface area (Å²) in [5, 5.41) is 7.67. The summed E-state index contributed by atoms with van der Waals surface area (Å²) in [6.07, 6.45) is 0. The molecular weight excluding hydrogens is 391 g/mol. The molecule has 1 aromatic heterocycles. The quantitative estimate of drug-likeness (QED) is 0.653. The lowest BCUT2D eigenvalue weighted by atomic mass is 10.0. The number of likely N-dealkylation sites (N-methyl/N-ethyl adjacent to an activating group) is 1. The van der Waals surface area contributed by atoms with Crippen molar-refractivity contribution in [2.24, 2.45) is 0 Å². The lowest BCUT2D eigenvalue weighted by Crippen LogP contribution is -2.35. The molecule has 3 rings (SSSR count). The van der Waals surface area contributed by atoms with E-state index in [4.69, 9.17) is 11.6 Å². The van der Waals surface area contributed by atoms with Crippen molar-refractivity contribution >= 4 is 17.5 Å². The van der Waals surface area contributed by atoms with Crippen molar-refractivity contribution in [3.63, 3.8) is 0 Å². The fourth-order valence-electron chi connectivity index (χ4n) is 3.31. The van der Waals surface area contributed by atoms with Gasteiger partial charge in [0.15, 0.2) is 0 Å². The Labute approximate surface area is 175 Å². The van der Waals surface area contributed by atoms with Gasteiger partial charge in [-0.05, 0) is 70.4 Å². The van der Waals surface area contributed by atoms with E-state index in [1.165, 1.54) is 6.07 Å². The molecular formula is C22H24ClFN4O. The molecule has 0 unspecified atom stereocenters. The number of nitrogens with one attached hydrogen (secondary N) is 1. The van der Waals surface area contributed by atoms with Gasteiger partial charge in [0.2, 0.25) is 0 Å². The zero-order valence-electron chi connectivity index (χ0n) is 16.9. The highest BCUT2D eigenvalue weighted by molar-refractivity contribution is 6.31. The molecule has 0 spiro atoms. The molecule has 0 aliphatic rings. The van der Waals surface area contributed by atoms with Crippen LogP contribution in [0, 0.1) is 19.7 Å². The van der Waals surface area contributed by atoms with Crippen LogP contribution in [0.4, 0.5) is 4.39 Å². The molecule has 152 valence electrons. The summed E-state index contributed by atoms with van der Waals surface area (Å²) >= 11 is 6.20. The molecule has 1 amide bonds. The normalized spacial score (nSPS) is 12.2. The van der Waals surface area contributed by atoms with Gasteiger partial charge in [-0.15, -0.1) is 0 Å². The first-order chi connectivity index (χ1) is 13.8. The molecule has 0 saturated heterocycles. The highest BCUT2D eigenvalue weighted by atomic mass is 35.5. The Hall–Kier alpha value is -2.70. The van der Waals surface area contributed by atoms with Crippen LogP contribution in [0.5, 0.6) is 0 Å². The van der Waals surface area contributed by atoms with E-state index in [0.717, 1.165) is 17.1 Å². The fourth-order valence-corrected chi connectivity index (χ4v) is 3.60. The average Bonchev–Trinajstić information content (AvgIpc) is 3.01. The number of carbonyl (C=O) groups excluding carboxylic acids is 1. The van der Waals surface area contributed by atoms with Crippen LogP contribution in [0.1, 0.15) is 33.4 Å². The Morgan fingerprint density at radius 3 is 2.45 bits per heavy atom. The monoisotopic (exact) mass is 414 g/mol. The van der Waals surface area contributed by atoms with Gasteiger partial charge in [0.25, 0.3) is 5.91 Å². The lowest BCUT2D eigenvalue weighted by molar-refractivity contribution is 0.0941. The molecule has 7 heteroatoms. The zero-order valence-corrected chi connectivity index (χ0v) is 17.7. The summed E-state index contributed by atoms with van der Waals surface area (Å²) in [7, 11) is 3.64. The predicted octanol–water partition coefficient (Wildman–Crippen LogP) is 4.31. The third-order valence-electron chi connectivity index (χ3n) is 4.80. The molecule has 0 bridgehead atoms. The Kier molecular flexibility index (Phi) is 6.35. The molecule has 1 N–H and O–H groups in total. The Morgan fingerprint density at radius 1 is 1.21 bits per heavy atom. The standard InChI is InChI=1S/C22H24ClFN4O/c1-14-12-15(2)28(26-14)17-10-8-16(9-11-17)22(29)25-13-20(27(3)4)21-18(23)6-5-7-19(21)24/h5-12,20H,13H2,1-4H3,(H,25,29)/t20-/m0/s1. The van der Waals surface area contributed by atoms with Crippen LogP contribution < -0.4 is 5.32 Å². The van der Waals surface area contributed by atoms with Gasteiger partial charge in [-0.2, -0.15) is 5.10 Å². The number of benzene rings is 2. The largest absolute Gasteiger partial charge is 0.350 e. The number of hydrogen-bond acceptors (Lipinski definition) is 3. The highest BCUT2D eigenvalue weighted by Crippen LogP contribution is 2.28. The van der Waals surface area contributed by atoms with E-state index in [-0.39, 0.29) is 24.3 Å². The number of carbonyl (C=O) groups is 1. The minimum absolute atomic E-state index is 0.228. The average molecular weight is 415 g/mol. The molecule has 29 heavy (non-hydrogen) atoms.